The lowest BCUT2D eigenvalue weighted by molar-refractivity contribution is -0.141. The van der Waals surface area contributed by atoms with E-state index in [2.05, 4.69) is 4.99 Å². The Morgan fingerprint density at radius 1 is 0.938 bits per heavy atom. The highest BCUT2D eigenvalue weighted by molar-refractivity contribution is 7.16. The number of carbonyl (C=O) groups excluding carboxylic acids is 2. The number of hydrogen-bond acceptors (Lipinski definition) is 5. The fraction of sp³-hybridized carbons (Fsp3) is 0.160. The van der Waals surface area contributed by atoms with Gasteiger partial charge in [-0.2, -0.15) is 4.99 Å². The Morgan fingerprint density at radius 3 is 2.34 bits per heavy atom. The van der Waals surface area contributed by atoms with Crippen molar-refractivity contribution in [3.8, 4) is 16.9 Å². The quantitative estimate of drug-likeness (QED) is 0.403. The molecule has 0 atom stereocenters. The van der Waals surface area contributed by atoms with Gasteiger partial charge in [-0.05, 0) is 42.3 Å². The number of amides is 1. The summed E-state index contributed by atoms with van der Waals surface area (Å²) < 4.78 is 13.1. The number of thiazole rings is 1. The zero-order valence-corrected chi connectivity index (χ0v) is 18.6. The summed E-state index contributed by atoms with van der Waals surface area (Å²) in [6.45, 7) is 2.30. The van der Waals surface area contributed by atoms with Gasteiger partial charge >= 0.3 is 5.97 Å². The third kappa shape index (κ3) is 4.48. The number of esters is 1. The Bertz CT molecular complexity index is 1320. The average molecular weight is 447 g/mol. The zero-order valence-electron chi connectivity index (χ0n) is 17.8. The standard InChI is InChI=1S/C25H22N2O4S/c1-3-31-20-10-7-11-21-23(20)27(16-22(28)30-2)25(32-21)26-24(29)19-14-12-18(13-15-19)17-8-5-4-6-9-17/h4-15H,3,16H2,1-2H3. The van der Waals surface area contributed by atoms with Gasteiger partial charge in [0.25, 0.3) is 5.91 Å². The minimum Gasteiger partial charge on any atom is -0.492 e. The predicted octanol–water partition coefficient (Wildman–Crippen LogP) is 4.68. The van der Waals surface area contributed by atoms with Crippen molar-refractivity contribution in [2.24, 2.45) is 4.99 Å². The Hall–Kier alpha value is -3.71. The number of aromatic nitrogens is 1. The molecule has 1 heterocycles. The highest BCUT2D eigenvalue weighted by Gasteiger charge is 2.16. The molecule has 0 aliphatic heterocycles. The van der Waals surface area contributed by atoms with Crippen LogP contribution in [0.4, 0.5) is 0 Å². The molecule has 32 heavy (non-hydrogen) atoms. The summed E-state index contributed by atoms with van der Waals surface area (Å²) in [4.78, 5) is 29.8. The third-order valence-corrected chi connectivity index (χ3v) is 5.96. The Balaban J connectivity index is 1.75. The molecule has 0 aliphatic carbocycles. The molecule has 0 radical (unpaired) electrons. The zero-order chi connectivity index (χ0) is 22.5. The number of fused-ring (bicyclic) bond motifs is 1. The largest absolute Gasteiger partial charge is 0.492 e. The number of methoxy groups -OCH3 is 1. The molecule has 0 bridgehead atoms. The van der Waals surface area contributed by atoms with E-state index in [9.17, 15) is 9.59 Å². The second-order valence-corrected chi connectivity index (χ2v) is 7.95. The molecule has 7 heteroatoms. The normalized spacial score (nSPS) is 11.5. The van der Waals surface area contributed by atoms with E-state index in [1.54, 1.807) is 16.7 Å². The number of para-hydroxylation sites is 1. The van der Waals surface area contributed by atoms with Gasteiger partial charge in [0.2, 0.25) is 0 Å². The predicted molar refractivity (Wildman–Crippen MR) is 125 cm³/mol. The molecule has 1 amide bonds. The van der Waals surface area contributed by atoms with Gasteiger partial charge in [-0.1, -0.05) is 59.9 Å². The topological polar surface area (TPSA) is 69.9 Å². The van der Waals surface area contributed by atoms with E-state index in [0.717, 1.165) is 21.3 Å². The van der Waals surface area contributed by atoms with E-state index < -0.39 is 5.97 Å². The number of hydrogen-bond donors (Lipinski definition) is 0. The van der Waals surface area contributed by atoms with Crippen molar-refractivity contribution in [3.05, 3.63) is 83.2 Å². The van der Waals surface area contributed by atoms with E-state index in [0.29, 0.717) is 22.7 Å². The molecular formula is C25H22N2O4S. The van der Waals surface area contributed by atoms with Crippen molar-refractivity contribution in [2.45, 2.75) is 13.5 Å². The molecule has 0 fully saturated rings. The maximum atomic E-state index is 12.9. The maximum Gasteiger partial charge on any atom is 0.325 e. The molecule has 6 nitrogen and oxygen atoms in total. The van der Waals surface area contributed by atoms with Crippen LogP contribution in [0.25, 0.3) is 21.3 Å². The Kier molecular flexibility index (Phi) is 6.47. The van der Waals surface area contributed by atoms with Gasteiger partial charge in [-0.15, -0.1) is 0 Å². The molecule has 3 aromatic carbocycles. The lowest BCUT2D eigenvalue weighted by atomic mass is 10.0. The fourth-order valence-electron chi connectivity index (χ4n) is 3.38. The molecular weight excluding hydrogens is 424 g/mol. The van der Waals surface area contributed by atoms with Crippen molar-refractivity contribution in [3.63, 3.8) is 0 Å². The SMILES string of the molecule is CCOc1cccc2sc(=NC(=O)c3ccc(-c4ccccc4)cc3)n(CC(=O)OC)c12. The van der Waals surface area contributed by atoms with E-state index in [1.807, 2.05) is 67.6 Å². The molecule has 0 saturated heterocycles. The summed E-state index contributed by atoms with van der Waals surface area (Å²) in [5.41, 5.74) is 3.28. The van der Waals surface area contributed by atoms with Crippen LogP contribution in [0.2, 0.25) is 0 Å². The Labute approximate surface area is 189 Å². The van der Waals surface area contributed by atoms with E-state index in [4.69, 9.17) is 9.47 Å². The first kappa shape index (κ1) is 21.5. The van der Waals surface area contributed by atoms with Crippen molar-refractivity contribution in [1.82, 2.24) is 4.57 Å². The van der Waals surface area contributed by atoms with Crippen LogP contribution in [0.1, 0.15) is 17.3 Å². The number of carbonyl (C=O) groups is 2. The number of rotatable bonds is 6. The molecule has 4 aromatic rings. The van der Waals surface area contributed by atoms with Gasteiger partial charge < -0.3 is 14.0 Å². The van der Waals surface area contributed by atoms with Crippen molar-refractivity contribution < 1.29 is 19.1 Å². The summed E-state index contributed by atoms with van der Waals surface area (Å²) in [7, 11) is 1.33. The van der Waals surface area contributed by atoms with E-state index >= 15 is 0 Å². The number of benzene rings is 3. The smallest absolute Gasteiger partial charge is 0.325 e. The molecule has 4 rings (SSSR count). The van der Waals surface area contributed by atoms with Crippen molar-refractivity contribution in [2.75, 3.05) is 13.7 Å². The van der Waals surface area contributed by atoms with Crippen LogP contribution in [0, 0.1) is 0 Å². The number of ether oxygens (including phenoxy) is 2. The first-order chi connectivity index (χ1) is 15.6. The second kappa shape index (κ2) is 9.62. The van der Waals surface area contributed by atoms with Crippen LogP contribution in [0.3, 0.4) is 0 Å². The third-order valence-electron chi connectivity index (χ3n) is 4.91. The van der Waals surface area contributed by atoms with Gasteiger partial charge in [-0.3, -0.25) is 9.59 Å². The minimum atomic E-state index is -0.433. The summed E-state index contributed by atoms with van der Waals surface area (Å²) >= 11 is 1.33. The van der Waals surface area contributed by atoms with E-state index in [-0.39, 0.29) is 12.5 Å². The monoisotopic (exact) mass is 446 g/mol. The van der Waals surface area contributed by atoms with Gasteiger partial charge in [0.15, 0.2) is 4.80 Å². The maximum absolute atomic E-state index is 12.9. The van der Waals surface area contributed by atoms with Crippen LogP contribution < -0.4 is 9.54 Å². The summed E-state index contributed by atoms with van der Waals surface area (Å²) in [6, 6.07) is 22.9. The van der Waals surface area contributed by atoms with Crippen LogP contribution in [-0.2, 0) is 16.1 Å². The molecule has 0 saturated carbocycles. The average Bonchev–Trinajstić information content (AvgIpc) is 3.17. The summed E-state index contributed by atoms with van der Waals surface area (Å²) in [6.07, 6.45) is 0. The molecule has 0 unspecified atom stereocenters. The lowest BCUT2D eigenvalue weighted by Crippen LogP contribution is -2.22. The first-order valence-electron chi connectivity index (χ1n) is 10.2. The van der Waals surface area contributed by atoms with E-state index in [1.165, 1.54) is 18.4 Å². The highest BCUT2D eigenvalue weighted by atomic mass is 32.1. The van der Waals surface area contributed by atoms with Crippen molar-refractivity contribution >= 4 is 33.4 Å². The Morgan fingerprint density at radius 2 is 1.66 bits per heavy atom. The van der Waals surface area contributed by atoms with Gasteiger partial charge in [-0.25, -0.2) is 0 Å². The van der Waals surface area contributed by atoms with Crippen LogP contribution in [-0.4, -0.2) is 30.2 Å². The molecule has 162 valence electrons. The molecule has 1 aromatic heterocycles. The number of nitrogens with zero attached hydrogens (tertiary/aromatic N) is 2. The molecule has 0 N–H and O–H groups in total. The fourth-order valence-corrected chi connectivity index (χ4v) is 4.43. The van der Waals surface area contributed by atoms with Crippen LogP contribution in [0.5, 0.6) is 5.75 Å². The van der Waals surface area contributed by atoms with Crippen LogP contribution in [0.15, 0.2) is 77.8 Å². The highest BCUT2D eigenvalue weighted by Crippen LogP contribution is 2.28. The second-order valence-electron chi connectivity index (χ2n) is 6.94. The van der Waals surface area contributed by atoms with Gasteiger partial charge in [0.1, 0.15) is 17.8 Å². The summed E-state index contributed by atoms with van der Waals surface area (Å²) in [5.74, 6) is -0.184. The lowest BCUT2D eigenvalue weighted by Gasteiger charge is -2.08. The minimum absolute atomic E-state index is 0.0698. The van der Waals surface area contributed by atoms with Crippen LogP contribution >= 0.6 is 11.3 Å². The van der Waals surface area contributed by atoms with Gasteiger partial charge in [0.05, 0.1) is 18.4 Å². The summed E-state index contributed by atoms with van der Waals surface area (Å²) in [5, 5.41) is 0. The first-order valence-corrected chi connectivity index (χ1v) is 11.0. The molecule has 0 aliphatic rings. The molecule has 0 spiro atoms. The van der Waals surface area contributed by atoms with Crippen molar-refractivity contribution in [1.29, 1.82) is 0 Å². The van der Waals surface area contributed by atoms with Gasteiger partial charge in [0, 0.05) is 5.56 Å².